The van der Waals surface area contributed by atoms with Gasteiger partial charge in [0.1, 0.15) is 5.82 Å². The number of carbonyl (C=O) groups excluding carboxylic acids is 1. The fourth-order valence-electron chi connectivity index (χ4n) is 3.18. The molecule has 22 heavy (non-hydrogen) atoms. The maximum absolute atomic E-state index is 12.5. The molecule has 1 aliphatic rings. The molecule has 4 nitrogen and oxygen atoms in total. The topological polar surface area (TPSA) is 38.1 Å². The fraction of sp³-hybridized carbons (Fsp3) is 0.444. The molecule has 0 spiro atoms. The summed E-state index contributed by atoms with van der Waals surface area (Å²) in [6.07, 6.45) is 5.92. The minimum atomic E-state index is 0.145. The van der Waals surface area contributed by atoms with Gasteiger partial charge in [-0.2, -0.15) is 0 Å². The van der Waals surface area contributed by atoms with Crippen molar-refractivity contribution in [3.63, 3.8) is 0 Å². The number of likely N-dealkylation sites (tertiary alicyclic amines) is 1. The van der Waals surface area contributed by atoms with Gasteiger partial charge in [0.15, 0.2) is 0 Å². The third-order valence-electron chi connectivity index (χ3n) is 4.42. The molecule has 4 heteroatoms. The lowest BCUT2D eigenvalue weighted by Gasteiger charge is -2.32. The van der Waals surface area contributed by atoms with Crippen molar-refractivity contribution in [1.82, 2.24) is 14.5 Å². The van der Waals surface area contributed by atoms with E-state index in [-0.39, 0.29) is 5.91 Å². The molecule has 3 rings (SSSR count). The van der Waals surface area contributed by atoms with E-state index in [0.717, 1.165) is 31.5 Å². The Morgan fingerprint density at radius 2 is 1.86 bits per heavy atom. The molecule has 0 bridgehead atoms. The molecule has 0 aliphatic carbocycles. The van der Waals surface area contributed by atoms with E-state index in [1.54, 1.807) is 0 Å². The van der Waals surface area contributed by atoms with Gasteiger partial charge in [0.2, 0.25) is 0 Å². The van der Waals surface area contributed by atoms with E-state index in [9.17, 15) is 4.79 Å². The van der Waals surface area contributed by atoms with Crippen molar-refractivity contribution in [2.45, 2.75) is 38.6 Å². The summed E-state index contributed by atoms with van der Waals surface area (Å²) >= 11 is 0. The van der Waals surface area contributed by atoms with Crippen molar-refractivity contribution in [1.29, 1.82) is 0 Å². The molecule has 1 aromatic heterocycles. The summed E-state index contributed by atoms with van der Waals surface area (Å²) in [7, 11) is 0. The molecule has 0 unspecified atom stereocenters. The Hall–Kier alpha value is -2.10. The maximum atomic E-state index is 12.5. The molecule has 116 valence electrons. The number of piperidine rings is 1. The molecule has 2 heterocycles. The highest BCUT2D eigenvalue weighted by molar-refractivity contribution is 5.94. The highest BCUT2D eigenvalue weighted by Gasteiger charge is 2.27. The lowest BCUT2D eigenvalue weighted by atomic mass is 9.95. The summed E-state index contributed by atoms with van der Waals surface area (Å²) in [5, 5.41) is 0. The Labute approximate surface area is 131 Å². The van der Waals surface area contributed by atoms with E-state index in [1.807, 2.05) is 41.4 Å². The van der Waals surface area contributed by atoms with Crippen molar-refractivity contribution < 1.29 is 4.79 Å². The number of imidazole rings is 1. The fourth-order valence-corrected chi connectivity index (χ4v) is 3.18. The maximum Gasteiger partial charge on any atom is 0.253 e. The number of benzene rings is 1. The summed E-state index contributed by atoms with van der Waals surface area (Å²) in [4.78, 5) is 19.0. The standard InChI is InChI=1S/C18H23N3O/c1-14(2)21-13-10-19-17(21)15-8-11-20(12-9-15)18(22)16-6-4-3-5-7-16/h3-7,10,13-15H,8-9,11-12H2,1-2H3. The van der Waals surface area contributed by atoms with Crippen molar-refractivity contribution >= 4 is 5.91 Å². The third-order valence-corrected chi connectivity index (χ3v) is 4.42. The van der Waals surface area contributed by atoms with E-state index in [0.29, 0.717) is 12.0 Å². The number of hydrogen-bond donors (Lipinski definition) is 0. The van der Waals surface area contributed by atoms with E-state index < -0.39 is 0 Å². The molecule has 0 saturated carbocycles. The first-order valence-electron chi connectivity index (χ1n) is 8.04. The summed E-state index contributed by atoms with van der Waals surface area (Å²) in [6.45, 7) is 5.98. The van der Waals surface area contributed by atoms with Gasteiger partial charge in [-0.1, -0.05) is 18.2 Å². The molecule has 0 N–H and O–H groups in total. The number of rotatable bonds is 3. The van der Waals surface area contributed by atoms with E-state index in [2.05, 4.69) is 29.6 Å². The second-order valence-electron chi connectivity index (χ2n) is 6.22. The van der Waals surface area contributed by atoms with Gasteiger partial charge in [-0.25, -0.2) is 4.98 Å². The van der Waals surface area contributed by atoms with Crippen LogP contribution < -0.4 is 0 Å². The monoisotopic (exact) mass is 297 g/mol. The minimum Gasteiger partial charge on any atom is -0.339 e. The Balaban J connectivity index is 1.65. The first kappa shape index (κ1) is 14.8. The Bertz CT molecular complexity index is 625. The Morgan fingerprint density at radius 3 is 2.50 bits per heavy atom. The molecule has 0 radical (unpaired) electrons. The van der Waals surface area contributed by atoms with Gasteiger partial charge >= 0.3 is 0 Å². The normalized spacial score (nSPS) is 16.2. The number of carbonyl (C=O) groups is 1. The number of nitrogens with zero attached hydrogens (tertiary/aromatic N) is 3. The second kappa shape index (κ2) is 6.34. The molecular weight excluding hydrogens is 274 g/mol. The Kier molecular flexibility index (Phi) is 4.27. The summed E-state index contributed by atoms with van der Waals surface area (Å²) < 4.78 is 2.25. The van der Waals surface area contributed by atoms with Gasteiger partial charge in [0, 0.05) is 43.0 Å². The average molecular weight is 297 g/mol. The average Bonchev–Trinajstić information content (AvgIpc) is 3.05. The van der Waals surface area contributed by atoms with Gasteiger partial charge in [-0.15, -0.1) is 0 Å². The molecule has 2 aromatic rings. The van der Waals surface area contributed by atoms with Crippen LogP contribution in [0.5, 0.6) is 0 Å². The molecule has 1 aromatic carbocycles. The van der Waals surface area contributed by atoms with Crippen molar-refractivity contribution in [2.75, 3.05) is 13.1 Å². The summed E-state index contributed by atoms with van der Waals surface area (Å²) in [5.41, 5.74) is 0.782. The van der Waals surface area contributed by atoms with E-state index >= 15 is 0 Å². The summed E-state index contributed by atoms with van der Waals surface area (Å²) in [6, 6.07) is 9.98. The SMILES string of the molecule is CC(C)n1ccnc1C1CCN(C(=O)c2ccccc2)CC1. The number of amides is 1. The quantitative estimate of drug-likeness (QED) is 0.870. The zero-order valence-electron chi connectivity index (χ0n) is 13.3. The first-order valence-corrected chi connectivity index (χ1v) is 8.04. The van der Waals surface area contributed by atoms with Gasteiger partial charge in [0.25, 0.3) is 5.91 Å². The molecule has 1 fully saturated rings. The zero-order valence-corrected chi connectivity index (χ0v) is 13.3. The molecule has 0 atom stereocenters. The minimum absolute atomic E-state index is 0.145. The molecular formula is C18H23N3O. The van der Waals surface area contributed by atoms with Gasteiger partial charge in [0.05, 0.1) is 0 Å². The largest absolute Gasteiger partial charge is 0.339 e. The van der Waals surface area contributed by atoms with Crippen LogP contribution in [0, 0.1) is 0 Å². The van der Waals surface area contributed by atoms with Crippen LogP contribution in [-0.2, 0) is 0 Å². The predicted molar refractivity (Wildman–Crippen MR) is 86.9 cm³/mol. The van der Waals surface area contributed by atoms with E-state index in [4.69, 9.17) is 0 Å². The smallest absolute Gasteiger partial charge is 0.253 e. The van der Waals surface area contributed by atoms with Crippen LogP contribution >= 0.6 is 0 Å². The van der Waals surface area contributed by atoms with Crippen LogP contribution in [0.3, 0.4) is 0 Å². The van der Waals surface area contributed by atoms with E-state index in [1.165, 1.54) is 5.82 Å². The van der Waals surface area contributed by atoms with Crippen LogP contribution in [0.15, 0.2) is 42.7 Å². The van der Waals surface area contributed by atoms with Crippen LogP contribution in [0.25, 0.3) is 0 Å². The lowest BCUT2D eigenvalue weighted by molar-refractivity contribution is 0.0710. The van der Waals surface area contributed by atoms with Crippen molar-refractivity contribution in [3.05, 3.63) is 54.1 Å². The van der Waals surface area contributed by atoms with Crippen LogP contribution in [-0.4, -0.2) is 33.4 Å². The second-order valence-corrected chi connectivity index (χ2v) is 6.22. The van der Waals surface area contributed by atoms with Crippen LogP contribution in [0.1, 0.15) is 54.8 Å². The molecule has 1 saturated heterocycles. The van der Waals surface area contributed by atoms with Crippen molar-refractivity contribution in [3.8, 4) is 0 Å². The first-order chi connectivity index (χ1) is 10.7. The van der Waals surface area contributed by atoms with Crippen LogP contribution in [0.2, 0.25) is 0 Å². The zero-order chi connectivity index (χ0) is 15.5. The Morgan fingerprint density at radius 1 is 1.18 bits per heavy atom. The van der Waals surface area contributed by atoms with Crippen molar-refractivity contribution in [2.24, 2.45) is 0 Å². The number of aromatic nitrogens is 2. The lowest BCUT2D eigenvalue weighted by Crippen LogP contribution is -2.38. The number of hydrogen-bond acceptors (Lipinski definition) is 2. The van der Waals surface area contributed by atoms with Gasteiger partial charge in [-0.3, -0.25) is 4.79 Å². The van der Waals surface area contributed by atoms with Crippen LogP contribution in [0.4, 0.5) is 0 Å². The molecule has 1 amide bonds. The highest BCUT2D eigenvalue weighted by atomic mass is 16.2. The third kappa shape index (κ3) is 2.91. The summed E-state index contributed by atoms with van der Waals surface area (Å²) in [5.74, 6) is 1.77. The van der Waals surface area contributed by atoms with Gasteiger partial charge < -0.3 is 9.47 Å². The predicted octanol–water partition coefficient (Wildman–Crippen LogP) is 3.48. The highest BCUT2D eigenvalue weighted by Crippen LogP contribution is 2.29. The van der Waals surface area contributed by atoms with Gasteiger partial charge in [-0.05, 0) is 38.8 Å². The molecule has 1 aliphatic heterocycles.